The lowest BCUT2D eigenvalue weighted by Gasteiger charge is -2.11. The van der Waals surface area contributed by atoms with E-state index in [1.807, 2.05) is 24.3 Å². The van der Waals surface area contributed by atoms with Gasteiger partial charge in [0.15, 0.2) is 0 Å². The molecule has 114 valence electrons. The Morgan fingerprint density at radius 1 is 1.29 bits per heavy atom. The van der Waals surface area contributed by atoms with Crippen LogP contribution in [0.1, 0.15) is 18.4 Å². The number of methoxy groups -OCH3 is 1. The highest BCUT2D eigenvalue weighted by molar-refractivity contribution is 5.87. The molecule has 1 aromatic rings. The topological polar surface area (TPSA) is 79.5 Å². The predicted molar refractivity (Wildman–Crippen MR) is 78.9 cm³/mol. The van der Waals surface area contributed by atoms with Crippen molar-refractivity contribution in [3.05, 3.63) is 29.8 Å². The number of hydrogen-bond donors (Lipinski definition) is 3. The number of ether oxygens (including phenoxy) is 1. The molecule has 0 saturated carbocycles. The van der Waals surface area contributed by atoms with E-state index in [2.05, 4.69) is 16.0 Å². The van der Waals surface area contributed by atoms with Crippen LogP contribution in [0, 0.1) is 0 Å². The molecule has 6 heteroatoms. The summed E-state index contributed by atoms with van der Waals surface area (Å²) in [5.74, 6) is 0.477. The summed E-state index contributed by atoms with van der Waals surface area (Å²) < 4.78 is 5.07. The van der Waals surface area contributed by atoms with Gasteiger partial charge in [0.2, 0.25) is 11.8 Å². The minimum atomic E-state index is -0.197. The Kier molecular flexibility index (Phi) is 5.57. The van der Waals surface area contributed by atoms with E-state index in [1.54, 1.807) is 7.11 Å². The normalized spacial score (nSPS) is 17.3. The van der Waals surface area contributed by atoms with Gasteiger partial charge in [0.05, 0.1) is 19.7 Å². The molecule has 1 aromatic carbocycles. The first-order valence-corrected chi connectivity index (χ1v) is 7.10. The largest absolute Gasteiger partial charge is 0.497 e. The molecule has 2 rings (SSSR count). The molecule has 1 heterocycles. The predicted octanol–water partition coefficient (Wildman–Crippen LogP) is 0.180. The van der Waals surface area contributed by atoms with Gasteiger partial charge in [-0.05, 0) is 37.1 Å². The smallest absolute Gasteiger partial charge is 0.239 e. The maximum Gasteiger partial charge on any atom is 0.239 e. The Morgan fingerprint density at radius 2 is 2.05 bits per heavy atom. The summed E-state index contributed by atoms with van der Waals surface area (Å²) in [6.07, 6.45) is 1.83. The van der Waals surface area contributed by atoms with Crippen molar-refractivity contribution in [1.82, 2.24) is 16.0 Å². The highest BCUT2D eigenvalue weighted by Crippen LogP contribution is 2.10. The molecular weight excluding hydrogens is 270 g/mol. The second kappa shape index (κ2) is 7.64. The third-order valence-electron chi connectivity index (χ3n) is 3.45. The van der Waals surface area contributed by atoms with Gasteiger partial charge in [-0.15, -0.1) is 0 Å². The second-order valence-corrected chi connectivity index (χ2v) is 4.99. The Balaban J connectivity index is 1.67. The fourth-order valence-electron chi connectivity index (χ4n) is 2.21. The average molecular weight is 291 g/mol. The summed E-state index contributed by atoms with van der Waals surface area (Å²) >= 11 is 0. The molecular formula is C15H21N3O3. The number of nitrogens with one attached hydrogen (secondary N) is 3. The van der Waals surface area contributed by atoms with Crippen LogP contribution in [0.15, 0.2) is 24.3 Å². The zero-order valence-electron chi connectivity index (χ0n) is 12.1. The van der Waals surface area contributed by atoms with E-state index >= 15 is 0 Å². The van der Waals surface area contributed by atoms with E-state index in [-0.39, 0.29) is 24.4 Å². The van der Waals surface area contributed by atoms with Crippen molar-refractivity contribution in [2.75, 3.05) is 20.2 Å². The summed E-state index contributed by atoms with van der Waals surface area (Å²) in [6, 6.07) is 7.31. The zero-order valence-corrected chi connectivity index (χ0v) is 12.1. The molecule has 1 aliphatic heterocycles. The molecule has 0 spiro atoms. The summed E-state index contributed by atoms with van der Waals surface area (Å²) in [5, 5.41) is 8.51. The van der Waals surface area contributed by atoms with Gasteiger partial charge in [-0.3, -0.25) is 9.59 Å². The van der Waals surface area contributed by atoms with Crippen molar-refractivity contribution in [2.45, 2.75) is 25.4 Å². The molecule has 21 heavy (non-hydrogen) atoms. The van der Waals surface area contributed by atoms with Crippen molar-refractivity contribution in [2.24, 2.45) is 0 Å². The molecule has 1 fully saturated rings. The fraction of sp³-hybridized carbons (Fsp3) is 0.467. The van der Waals surface area contributed by atoms with Crippen molar-refractivity contribution < 1.29 is 14.3 Å². The summed E-state index contributed by atoms with van der Waals surface area (Å²) in [5.41, 5.74) is 0.980. The van der Waals surface area contributed by atoms with Crippen LogP contribution in [0.25, 0.3) is 0 Å². The van der Waals surface area contributed by atoms with Gasteiger partial charge >= 0.3 is 0 Å². The number of amides is 2. The fourth-order valence-corrected chi connectivity index (χ4v) is 2.21. The Bertz CT molecular complexity index is 481. The van der Waals surface area contributed by atoms with E-state index in [0.717, 1.165) is 30.7 Å². The lowest BCUT2D eigenvalue weighted by molar-refractivity contribution is -0.127. The lowest BCUT2D eigenvalue weighted by atomic mass is 10.2. The molecule has 0 aromatic heterocycles. The van der Waals surface area contributed by atoms with Crippen molar-refractivity contribution in [3.63, 3.8) is 0 Å². The first-order chi connectivity index (χ1) is 10.2. The van der Waals surface area contributed by atoms with Crippen LogP contribution in [-0.2, 0) is 16.1 Å². The van der Waals surface area contributed by atoms with Crippen LogP contribution in [0.3, 0.4) is 0 Å². The Labute approximate surface area is 124 Å². The van der Waals surface area contributed by atoms with Crippen LogP contribution in [0.5, 0.6) is 5.75 Å². The van der Waals surface area contributed by atoms with Gasteiger partial charge in [-0.1, -0.05) is 12.1 Å². The number of rotatable bonds is 6. The molecule has 1 atom stereocenters. The standard InChI is InChI=1S/C15H21N3O3/c1-21-12-6-4-11(5-7-12)9-17-14(19)10-18-15(20)13-3-2-8-16-13/h4-7,13,16H,2-3,8-10H2,1H3,(H,17,19)(H,18,20). The van der Waals surface area contributed by atoms with Crippen molar-refractivity contribution >= 4 is 11.8 Å². The first-order valence-electron chi connectivity index (χ1n) is 7.10. The Morgan fingerprint density at radius 3 is 2.67 bits per heavy atom. The lowest BCUT2D eigenvalue weighted by Crippen LogP contribution is -2.44. The molecule has 2 amide bonds. The molecule has 0 aliphatic carbocycles. The summed E-state index contributed by atoms with van der Waals surface area (Å²) in [6.45, 7) is 1.30. The highest BCUT2D eigenvalue weighted by atomic mass is 16.5. The highest BCUT2D eigenvalue weighted by Gasteiger charge is 2.21. The molecule has 1 unspecified atom stereocenters. The van der Waals surface area contributed by atoms with Crippen molar-refractivity contribution in [1.29, 1.82) is 0 Å². The van der Waals surface area contributed by atoms with Gasteiger partial charge in [0.25, 0.3) is 0 Å². The second-order valence-electron chi connectivity index (χ2n) is 4.99. The van der Waals surface area contributed by atoms with E-state index < -0.39 is 0 Å². The van der Waals surface area contributed by atoms with Crippen LogP contribution >= 0.6 is 0 Å². The molecule has 1 saturated heterocycles. The molecule has 3 N–H and O–H groups in total. The average Bonchev–Trinajstić information content (AvgIpc) is 3.05. The van der Waals surface area contributed by atoms with Gasteiger partial charge in [-0.25, -0.2) is 0 Å². The SMILES string of the molecule is COc1ccc(CNC(=O)CNC(=O)C2CCCN2)cc1. The summed E-state index contributed by atoms with van der Waals surface area (Å²) in [7, 11) is 1.61. The van der Waals surface area contributed by atoms with Gasteiger partial charge in [0, 0.05) is 6.54 Å². The van der Waals surface area contributed by atoms with Gasteiger partial charge < -0.3 is 20.7 Å². The molecule has 0 bridgehead atoms. The van der Waals surface area contributed by atoms with Gasteiger partial charge in [-0.2, -0.15) is 0 Å². The number of carbonyl (C=O) groups is 2. The number of benzene rings is 1. The van der Waals surface area contributed by atoms with E-state index in [4.69, 9.17) is 4.74 Å². The third kappa shape index (κ3) is 4.75. The third-order valence-corrected chi connectivity index (χ3v) is 3.45. The molecule has 6 nitrogen and oxygen atoms in total. The van der Waals surface area contributed by atoms with Crippen LogP contribution in [0.2, 0.25) is 0 Å². The maximum absolute atomic E-state index is 11.7. The minimum Gasteiger partial charge on any atom is -0.497 e. The number of carbonyl (C=O) groups excluding carboxylic acids is 2. The molecule has 0 radical (unpaired) electrons. The van der Waals surface area contributed by atoms with Gasteiger partial charge in [0.1, 0.15) is 5.75 Å². The first kappa shape index (κ1) is 15.3. The van der Waals surface area contributed by atoms with Crippen LogP contribution in [0.4, 0.5) is 0 Å². The zero-order chi connectivity index (χ0) is 15.1. The molecule has 1 aliphatic rings. The van der Waals surface area contributed by atoms with E-state index in [9.17, 15) is 9.59 Å². The van der Waals surface area contributed by atoms with E-state index in [0.29, 0.717) is 6.54 Å². The maximum atomic E-state index is 11.7. The van der Waals surface area contributed by atoms with Crippen molar-refractivity contribution in [3.8, 4) is 5.75 Å². The van der Waals surface area contributed by atoms with Crippen LogP contribution in [-0.4, -0.2) is 38.1 Å². The monoisotopic (exact) mass is 291 g/mol. The van der Waals surface area contributed by atoms with E-state index in [1.165, 1.54) is 0 Å². The Hall–Kier alpha value is -2.08. The van der Waals surface area contributed by atoms with Crippen LogP contribution < -0.4 is 20.7 Å². The minimum absolute atomic E-state index is 0.00711. The number of hydrogen-bond acceptors (Lipinski definition) is 4. The quantitative estimate of drug-likeness (QED) is 0.698. The summed E-state index contributed by atoms with van der Waals surface area (Å²) in [4.78, 5) is 23.4.